The van der Waals surface area contributed by atoms with Gasteiger partial charge in [0.05, 0.1) is 0 Å². The number of carbonyl (C=O) groups excluding carboxylic acids is 1. The number of Topliss-reactive ketones (excluding diaryl/α,β-unsaturated/α-hetero) is 1. The van der Waals surface area contributed by atoms with Crippen molar-refractivity contribution in [3.63, 3.8) is 0 Å². The lowest BCUT2D eigenvalue weighted by Gasteiger charge is -2.50. The van der Waals surface area contributed by atoms with Gasteiger partial charge in [-0.1, -0.05) is 13.0 Å². The third kappa shape index (κ3) is 1.89. The fraction of sp³-hybridized carbons (Fsp3) is 0.650. The van der Waals surface area contributed by atoms with Gasteiger partial charge in [0.25, 0.3) is 0 Å². The van der Waals surface area contributed by atoms with Crippen LogP contribution in [0.15, 0.2) is 18.2 Å². The Bertz CT molecular complexity index is 620. The summed E-state index contributed by atoms with van der Waals surface area (Å²) in [6.45, 7) is 4.18. The zero-order chi connectivity index (χ0) is 15.5. The quantitative estimate of drug-likeness (QED) is 0.831. The summed E-state index contributed by atoms with van der Waals surface area (Å²) in [6, 6.07) is 5.97. The predicted molar refractivity (Wildman–Crippen MR) is 86.9 cm³/mol. The van der Waals surface area contributed by atoms with Crippen LogP contribution in [0.1, 0.15) is 63.0 Å². The van der Waals surface area contributed by atoms with Crippen LogP contribution in [0.5, 0.6) is 5.75 Å². The molecule has 2 saturated carbocycles. The first-order valence-corrected chi connectivity index (χ1v) is 8.83. The Labute approximate surface area is 132 Å². The van der Waals surface area contributed by atoms with Gasteiger partial charge in [0, 0.05) is 5.92 Å². The number of fused-ring (bicyclic) bond motifs is 5. The zero-order valence-electron chi connectivity index (χ0n) is 13.6. The molecule has 1 aromatic carbocycles. The summed E-state index contributed by atoms with van der Waals surface area (Å²) in [7, 11) is 0. The van der Waals surface area contributed by atoms with E-state index in [1.54, 1.807) is 6.92 Å². The number of ketones is 1. The van der Waals surface area contributed by atoms with Crippen LogP contribution in [-0.2, 0) is 11.2 Å². The van der Waals surface area contributed by atoms with Crippen LogP contribution in [0.25, 0.3) is 0 Å². The van der Waals surface area contributed by atoms with Crippen molar-refractivity contribution in [2.24, 2.45) is 23.2 Å². The summed E-state index contributed by atoms with van der Waals surface area (Å²) in [5.74, 6) is 3.19. The second kappa shape index (κ2) is 4.84. The fourth-order valence-corrected chi connectivity index (χ4v) is 6.24. The minimum Gasteiger partial charge on any atom is -0.508 e. The second-order valence-corrected chi connectivity index (χ2v) is 8.08. The number of rotatable bonds is 1. The molecule has 2 heteroatoms. The molecule has 0 unspecified atom stereocenters. The van der Waals surface area contributed by atoms with Gasteiger partial charge in [-0.05, 0) is 91.9 Å². The van der Waals surface area contributed by atoms with Crippen LogP contribution < -0.4 is 0 Å². The lowest BCUT2D eigenvalue weighted by Crippen LogP contribution is -2.43. The van der Waals surface area contributed by atoms with Gasteiger partial charge in [0.15, 0.2) is 0 Å². The van der Waals surface area contributed by atoms with Crippen molar-refractivity contribution in [1.82, 2.24) is 0 Å². The van der Waals surface area contributed by atoms with Crippen molar-refractivity contribution in [1.29, 1.82) is 0 Å². The van der Waals surface area contributed by atoms with E-state index in [9.17, 15) is 9.90 Å². The average molecular weight is 298 g/mol. The summed E-state index contributed by atoms with van der Waals surface area (Å²) in [6.07, 6.45) is 7.04. The van der Waals surface area contributed by atoms with Gasteiger partial charge in [-0.3, -0.25) is 4.79 Å². The van der Waals surface area contributed by atoms with E-state index >= 15 is 0 Å². The third-order valence-electron chi connectivity index (χ3n) is 7.20. The minimum atomic E-state index is 0.238. The van der Waals surface area contributed by atoms with E-state index in [2.05, 4.69) is 13.0 Å². The van der Waals surface area contributed by atoms with E-state index in [1.165, 1.54) is 36.8 Å². The van der Waals surface area contributed by atoms with Crippen molar-refractivity contribution < 1.29 is 9.90 Å². The maximum atomic E-state index is 12.1. The van der Waals surface area contributed by atoms with Crippen molar-refractivity contribution >= 4 is 5.78 Å². The molecule has 4 rings (SSSR count). The number of aryl methyl sites for hydroxylation is 1. The Hall–Kier alpha value is -1.31. The molecule has 118 valence electrons. The Balaban J connectivity index is 1.69. The zero-order valence-corrected chi connectivity index (χ0v) is 13.6. The van der Waals surface area contributed by atoms with E-state index in [0.717, 1.165) is 18.8 Å². The predicted octanol–water partition coefficient (Wildman–Crippen LogP) is 4.45. The monoisotopic (exact) mass is 298 g/mol. The summed E-state index contributed by atoms with van der Waals surface area (Å²) in [5.41, 5.74) is 3.06. The average Bonchev–Trinajstić information content (AvgIpc) is 2.84. The smallest absolute Gasteiger partial charge is 0.133 e. The molecule has 0 bridgehead atoms. The highest BCUT2D eigenvalue weighted by molar-refractivity contribution is 5.79. The van der Waals surface area contributed by atoms with Crippen LogP contribution >= 0.6 is 0 Å². The molecule has 2 nitrogen and oxygen atoms in total. The number of carbonyl (C=O) groups is 1. The van der Waals surface area contributed by atoms with E-state index in [4.69, 9.17) is 0 Å². The molecule has 0 heterocycles. The number of phenols is 1. The highest BCUT2D eigenvalue weighted by atomic mass is 16.3. The van der Waals surface area contributed by atoms with Gasteiger partial charge in [-0.2, -0.15) is 0 Å². The summed E-state index contributed by atoms with van der Waals surface area (Å²) >= 11 is 0. The Morgan fingerprint density at radius 2 is 2.05 bits per heavy atom. The first-order chi connectivity index (χ1) is 10.5. The van der Waals surface area contributed by atoms with E-state index in [1.807, 2.05) is 12.1 Å². The number of aromatic hydroxyl groups is 1. The number of benzene rings is 1. The summed E-state index contributed by atoms with van der Waals surface area (Å²) < 4.78 is 0. The summed E-state index contributed by atoms with van der Waals surface area (Å²) in [4.78, 5) is 12.1. The van der Waals surface area contributed by atoms with Crippen molar-refractivity contribution in [3.8, 4) is 5.75 Å². The first-order valence-electron chi connectivity index (χ1n) is 8.83. The highest BCUT2D eigenvalue weighted by Crippen LogP contribution is 2.63. The fourth-order valence-electron chi connectivity index (χ4n) is 6.24. The first kappa shape index (κ1) is 14.3. The molecular weight excluding hydrogens is 272 g/mol. The molecular formula is C20H26O2. The lowest BCUT2D eigenvalue weighted by atomic mass is 9.54. The van der Waals surface area contributed by atoms with Gasteiger partial charge >= 0.3 is 0 Å². The van der Waals surface area contributed by atoms with Crippen LogP contribution in [0.3, 0.4) is 0 Å². The Morgan fingerprint density at radius 3 is 2.82 bits per heavy atom. The molecule has 1 aromatic rings. The lowest BCUT2D eigenvalue weighted by molar-refractivity contribution is -0.125. The normalized spacial score (nSPS) is 39.7. The Kier molecular flexibility index (Phi) is 3.15. The van der Waals surface area contributed by atoms with Crippen molar-refractivity contribution in [2.75, 3.05) is 0 Å². The molecule has 0 spiro atoms. The maximum Gasteiger partial charge on any atom is 0.133 e. The molecule has 22 heavy (non-hydrogen) atoms. The van der Waals surface area contributed by atoms with Crippen LogP contribution in [-0.4, -0.2) is 10.9 Å². The van der Waals surface area contributed by atoms with Gasteiger partial charge in [-0.15, -0.1) is 0 Å². The second-order valence-electron chi connectivity index (χ2n) is 8.08. The molecule has 0 aromatic heterocycles. The largest absolute Gasteiger partial charge is 0.508 e. The topological polar surface area (TPSA) is 37.3 Å². The SMILES string of the molecule is CC(=O)[C@H]1CC[C@H]2[C@H]3CCc4cc(O)ccc4[C@@H]3CC[C@]12C. The Morgan fingerprint density at radius 1 is 1.23 bits per heavy atom. The van der Waals surface area contributed by atoms with Crippen LogP contribution in [0.2, 0.25) is 0 Å². The summed E-state index contributed by atoms with van der Waals surface area (Å²) in [5, 5.41) is 9.73. The van der Waals surface area contributed by atoms with E-state index in [-0.39, 0.29) is 5.41 Å². The van der Waals surface area contributed by atoms with E-state index in [0.29, 0.717) is 29.3 Å². The van der Waals surface area contributed by atoms with Crippen LogP contribution in [0, 0.1) is 23.2 Å². The minimum absolute atomic E-state index is 0.238. The maximum absolute atomic E-state index is 12.1. The van der Waals surface area contributed by atoms with Crippen molar-refractivity contribution in [2.45, 2.75) is 58.3 Å². The highest BCUT2D eigenvalue weighted by Gasteiger charge is 2.55. The molecule has 1 N–H and O–H groups in total. The third-order valence-corrected chi connectivity index (χ3v) is 7.20. The molecule has 2 fully saturated rings. The molecule has 0 saturated heterocycles. The molecule has 3 aliphatic rings. The number of hydrogen-bond donors (Lipinski definition) is 1. The van der Waals surface area contributed by atoms with E-state index < -0.39 is 0 Å². The van der Waals surface area contributed by atoms with Crippen molar-refractivity contribution in [3.05, 3.63) is 29.3 Å². The van der Waals surface area contributed by atoms with Crippen LogP contribution in [0.4, 0.5) is 0 Å². The van der Waals surface area contributed by atoms with Gasteiger partial charge in [0.1, 0.15) is 11.5 Å². The van der Waals surface area contributed by atoms with Gasteiger partial charge in [-0.25, -0.2) is 0 Å². The molecule has 5 atom stereocenters. The molecule has 0 amide bonds. The molecule has 0 radical (unpaired) electrons. The standard InChI is InChI=1S/C20H26O2/c1-12(21)18-7-8-19-17-5-3-13-11-14(22)4-6-15(13)16(17)9-10-20(18,19)2/h4,6,11,16-19,22H,3,5,7-10H2,1-2H3/t16-,17-,18+,19-,20+/m0/s1. The molecule has 3 aliphatic carbocycles. The van der Waals surface area contributed by atoms with Gasteiger partial charge in [0.2, 0.25) is 0 Å². The number of phenolic OH excluding ortho intramolecular Hbond substituents is 1. The number of hydrogen-bond acceptors (Lipinski definition) is 2. The van der Waals surface area contributed by atoms with Gasteiger partial charge < -0.3 is 5.11 Å². The molecule has 0 aliphatic heterocycles.